The number of rotatable bonds is 4. The number of methoxy groups -OCH3 is 1. The minimum Gasteiger partial charge on any atom is -0.380 e. The van der Waals surface area contributed by atoms with Gasteiger partial charge in [-0.2, -0.15) is 0 Å². The molecule has 2 N–H and O–H groups in total. The summed E-state index contributed by atoms with van der Waals surface area (Å²) in [6.07, 6.45) is 4.76. The number of benzene rings is 1. The van der Waals surface area contributed by atoms with Gasteiger partial charge in [0.1, 0.15) is 0 Å². The molecule has 1 fully saturated rings. The molecule has 4 heteroatoms. The number of amides is 2. The molecular weight excluding hydrogens is 252 g/mol. The third-order valence-electron chi connectivity index (χ3n) is 3.99. The molecule has 1 aliphatic rings. The minimum atomic E-state index is -0.118. The van der Waals surface area contributed by atoms with Crippen molar-refractivity contribution in [3.05, 3.63) is 29.8 Å². The fraction of sp³-hybridized carbons (Fsp3) is 0.562. The Labute approximate surface area is 120 Å². The van der Waals surface area contributed by atoms with Crippen molar-refractivity contribution in [1.29, 1.82) is 0 Å². The zero-order chi connectivity index (χ0) is 14.4. The minimum absolute atomic E-state index is 0.118. The maximum absolute atomic E-state index is 12.1. The fourth-order valence-corrected chi connectivity index (χ4v) is 2.78. The van der Waals surface area contributed by atoms with E-state index in [1.807, 2.05) is 24.3 Å². The van der Waals surface area contributed by atoms with E-state index in [-0.39, 0.29) is 6.03 Å². The third-order valence-corrected chi connectivity index (χ3v) is 3.99. The maximum Gasteiger partial charge on any atom is 0.319 e. The summed E-state index contributed by atoms with van der Waals surface area (Å²) in [5, 5.41) is 6.03. The Morgan fingerprint density at radius 2 is 2.05 bits per heavy atom. The van der Waals surface area contributed by atoms with Crippen LogP contribution < -0.4 is 10.6 Å². The molecule has 1 aliphatic carbocycles. The number of carbonyl (C=O) groups excluding carboxylic acids is 1. The van der Waals surface area contributed by atoms with Crippen LogP contribution in [-0.2, 0) is 11.3 Å². The lowest BCUT2D eigenvalue weighted by Gasteiger charge is -2.29. The molecule has 2 atom stereocenters. The van der Waals surface area contributed by atoms with Gasteiger partial charge in [0.2, 0.25) is 0 Å². The van der Waals surface area contributed by atoms with E-state index in [4.69, 9.17) is 4.74 Å². The molecule has 1 aromatic carbocycles. The summed E-state index contributed by atoms with van der Waals surface area (Å²) in [5.74, 6) is 0.559. The van der Waals surface area contributed by atoms with Gasteiger partial charge in [0.15, 0.2) is 0 Å². The van der Waals surface area contributed by atoms with E-state index < -0.39 is 0 Å². The standard InChI is InChI=1S/C16H24N2O2/c1-12-7-3-5-9-14(12)17-16(19)18-15-10-6-4-8-13(15)11-20-2/h4,6,8,10,12,14H,3,5,7,9,11H2,1-2H3,(H2,17,18,19)/t12-,14-/m1/s1. The van der Waals surface area contributed by atoms with Crippen LogP contribution in [0.15, 0.2) is 24.3 Å². The molecule has 20 heavy (non-hydrogen) atoms. The molecule has 0 bridgehead atoms. The number of hydrogen-bond acceptors (Lipinski definition) is 2. The number of hydrogen-bond donors (Lipinski definition) is 2. The molecule has 1 aromatic rings. The van der Waals surface area contributed by atoms with Crippen LogP contribution in [0.5, 0.6) is 0 Å². The average Bonchev–Trinajstić information content (AvgIpc) is 2.44. The van der Waals surface area contributed by atoms with Gasteiger partial charge in [-0.25, -0.2) is 4.79 Å². The van der Waals surface area contributed by atoms with Gasteiger partial charge in [-0.1, -0.05) is 38.0 Å². The highest BCUT2D eigenvalue weighted by Gasteiger charge is 2.22. The van der Waals surface area contributed by atoms with Gasteiger partial charge in [0.25, 0.3) is 0 Å². The van der Waals surface area contributed by atoms with E-state index in [1.165, 1.54) is 19.3 Å². The zero-order valence-electron chi connectivity index (χ0n) is 12.3. The van der Waals surface area contributed by atoms with Crippen LogP contribution in [0.1, 0.15) is 38.2 Å². The van der Waals surface area contributed by atoms with Crippen LogP contribution in [-0.4, -0.2) is 19.2 Å². The molecule has 2 amide bonds. The normalized spacial score (nSPS) is 22.3. The highest BCUT2D eigenvalue weighted by Crippen LogP contribution is 2.24. The molecule has 0 saturated heterocycles. The van der Waals surface area contributed by atoms with E-state index in [1.54, 1.807) is 7.11 Å². The molecule has 0 radical (unpaired) electrons. The molecule has 0 heterocycles. The lowest BCUT2D eigenvalue weighted by Crippen LogP contribution is -2.43. The number of anilines is 1. The first-order valence-electron chi connectivity index (χ1n) is 7.35. The Morgan fingerprint density at radius 3 is 2.80 bits per heavy atom. The van der Waals surface area contributed by atoms with Crippen molar-refractivity contribution in [3.63, 3.8) is 0 Å². The van der Waals surface area contributed by atoms with E-state index in [0.717, 1.165) is 17.7 Å². The van der Waals surface area contributed by atoms with Gasteiger partial charge in [-0.05, 0) is 24.8 Å². The van der Waals surface area contributed by atoms with Crippen molar-refractivity contribution in [2.45, 2.75) is 45.3 Å². The van der Waals surface area contributed by atoms with Crippen molar-refractivity contribution in [2.75, 3.05) is 12.4 Å². The first-order valence-corrected chi connectivity index (χ1v) is 7.35. The van der Waals surface area contributed by atoms with E-state index in [9.17, 15) is 4.79 Å². The van der Waals surface area contributed by atoms with Crippen LogP contribution in [0, 0.1) is 5.92 Å². The van der Waals surface area contributed by atoms with Crippen molar-refractivity contribution < 1.29 is 9.53 Å². The van der Waals surface area contributed by atoms with Gasteiger partial charge < -0.3 is 15.4 Å². The zero-order valence-corrected chi connectivity index (χ0v) is 12.3. The lowest BCUT2D eigenvalue weighted by atomic mass is 9.86. The van der Waals surface area contributed by atoms with Gasteiger partial charge in [-0.15, -0.1) is 0 Å². The highest BCUT2D eigenvalue weighted by atomic mass is 16.5. The molecule has 1 saturated carbocycles. The molecule has 0 unspecified atom stereocenters. The van der Waals surface area contributed by atoms with Gasteiger partial charge in [0, 0.05) is 24.4 Å². The van der Waals surface area contributed by atoms with Crippen molar-refractivity contribution in [3.8, 4) is 0 Å². The number of carbonyl (C=O) groups is 1. The number of urea groups is 1. The van der Waals surface area contributed by atoms with Gasteiger partial charge in [0.05, 0.1) is 6.61 Å². The first-order chi connectivity index (χ1) is 9.70. The van der Waals surface area contributed by atoms with Crippen LogP contribution in [0.2, 0.25) is 0 Å². The Bertz CT molecular complexity index is 448. The summed E-state index contributed by atoms with van der Waals surface area (Å²) in [4.78, 5) is 12.1. The number of para-hydroxylation sites is 1. The summed E-state index contributed by atoms with van der Waals surface area (Å²) in [5.41, 5.74) is 1.80. The lowest BCUT2D eigenvalue weighted by molar-refractivity contribution is 0.185. The van der Waals surface area contributed by atoms with Crippen LogP contribution >= 0.6 is 0 Å². The van der Waals surface area contributed by atoms with Crippen LogP contribution in [0.3, 0.4) is 0 Å². The third kappa shape index (κ3) is 3.97. The topological polar surface area (TPSA) is 50.4 Å². The summed E-state index contributed by atoms with van der Waals surface area (Å²) in [6.45, 7) is 2.71. The second kappa shape index (κ2) is 7.29. The molecule has 0 spiro atoms. The summed E-state index contributed by atoms with van der Waals surface area (Å²) in [7, 11) is 1.65. The molecule has 2 rings (SSSR count). The maximum atomic E-state index is 12.1. The monoisotopic (exact) mass is 276 g/mol. The Morgan fingerprint density at radius 1 is 1.30 bits per heavy atom. The average molecular weight is 276 g/mol. The van der Waals surface area contributed by atoms with Gasteiger partial charge in [-0.3, -0.25) is 0 Å². The van der Waals surface area contributed by atoms with E-state index >= 15 is 0 Å². The Hall–Kier alpha value is -1.55. The Kier molecular flexibility index (Phi) is 5.41. The molecule has 110 valence electrons. The smallest absolute Gasteiger partial charge is 0.319 e. The molecule has 0 aliphatic heterocycles. The van der Waals surface area contributed by atoms with Crippen LogP contribution in [0.4, 0.5) is 10.5 Å². The second-order valence-electron chi connectivity index (χ2n) is 5.56. The molecule has 0 aromatic heterocycles. The summed E-state index contributed by atoms with van der Waals surface area (Å²) < 4.78 is 5.15. The summed E-state index contributed by atoms with van der Waals surface area (Å²) in [6, 6.07) is 7.89. The molecule has 4 nitrogen and oxygen atoms in total. The second-order valence-corrected chi connectivity index (χ2v) is 5.56. The Balaban J connectivity index is 1.94. The highest BCUT2D eigenvalue weighted by molar-refractivity contribution is 5.90. The van der Waals surface area contributed by atoms with Crippen molar-refractivity contribution in [1.82, 2.24) is 5.32 Å². The SMILES string of the molecule is COCc1ccccc1NC(=O)N[C@@H]1CCCC[C@H]1C. The molecular formula is C16H24N2O2. The quantitative estimate of drug-likeness (QED) is 0.883. The van der Waals surface area contributed by atoms with E-state index in [0.29, 0.717) is 18.6 Å². The number of ether oxygens (including phenoxy) is 1. The largest absolute Gasteiger partial charge is 0.380 e. The summed E-state index contributed by atoms with van der Waals surface area (Å²) >= 11 is 0. The predicted molar refractivity (Wildman–Crippen MR) is 80.7 cm³/mol. The van der Waals surface area contributed by atoms with Crippen molar-refractivity contribution >= 4 is 11.7 Å². The predicted octanol–water partition coefficient (Wildman–Crippen LogP) is 3.53. The van der Waals surface area contributed by atoms with E-state index in [2.05, 4.69) is 17.6 Å². The van der Waals surface area contributed by atoms with Gasteiger partial charge >= 0.3 is 6.03 Å². The van der Waals surface area contributed by atoms with Crippen molar-refractivity contribution in [2.24, 2.45) is 5.92 Å². The fourth-order valence-electron chi connectivity index (χ4n) is 2.78. The number of nitrogens with one attached hydrogen (secondary N) is 2. The van der Waals surface area contributed by atoms with Crippen LogP contribution in [0.25, 0.3) is 0 Å². The first kappa shape index (κ1) is 14.9.